The van der Waals surface area contributed by atoms with Gasteiger partial charge >= 0.3 is 5.97 Å². The minimum absolute atomic E-state index is 0.0260. The Hall–Kier alpha value is -2.40. The topological polar surface area (TPSA) is 59.5 Å². The molecule has 24 heavy (non-hydrogen) atoms. The van der Waals surface area contributed by atoms with E-state index in [1.165, 1.54) is 12.3 Å². The van der Waals surface area contributed by atoms with Gasteiger partial charge in [-0.25, -0.2) is 9.78 Å². The lowest BCUT2D eigenvalue weighted by atomic mass is 10.1. The van der Waals surface area contributed by atoms with Crippen molar-refractivity contribution < 1.29 is 14.3 Å². The molecule has 6 heteroatoms. The molecule has 0 radical (unpaired) electrons. The molecular formula is C18H17ClN2O3. The summed E-state index contributed by atoms with van der Waals surface area (Å²) in [6.45, 7) is 3.54. The Bertz CT molecular complexity index is 793. The molecule has 0 fully saturated rings. The molecule has 2 heterocycles. The molecule has 0 saturated heterocycles. The Balaban J connectivity index is 1.76. The number of nitrogens with zero attached hydrogens (tertiary/aromatic N) is 2. The first-order valence-electron chi connectivity index (χ1n) is 7.71. The van der Waals surface area contributed by atoms with Crippen LogP contribution in [-0.4, -0.2) is 29.0 Å². The van der Waals surface area contributed by atoms with Crippen molar-refractivity contribution in [3.63, 3.8) is 0 Å². The zero-order chi connectivity index (χ0) is 17.3. The van der Waals surface area contributed by atoms with Crippen molar-refractivity contribution in [2.45, 2.75) is 32.4 Å². The van der Waals surface area contributed by atoms with Crippen molar-refractivity contribution in [3.8, 4) is 0 Å². The summed E-state index contributed by atoms with van der Waals surface area (Å²) in [5.41, 5.74) is 2.14. The Labute approximate surface area is 145 Å². The Kier molecular flexibility index (Phi) is 4.53. The van der Waals surface area contributed by atoms with E-state index in [1.54, 1.807) is 17.9 Å². The molecule has 1 aliphatic rings. The third-order valence-electron chi connectivity index (χ3n) is 4.06. The average molecular weight is 345 g/mol. The number of pyridine rings is 1. The number of amides is 1. The third-order valence-corrected chi connectivity index (χ3v) is 4.36. The summed E-state index contributed by atoms with van der Waals surface area (Å²) in [7, 11) is 0. The van der Waals surface area contributed by atoms with Gasteiger partial charge in [0.1, 0.15) is 5.15 Å². The highest BCUT2D eigenvalue weighted by molar-refractivity contribution is 6.32. The van der Waals surface area contributed by atoms with Crippen molar-refractivity contribution in [3.05, 3.63) is 58.9 Å². The summed E-state index contributed by atoms with van der Waals surface area (Å²) in [5.74, 6) is -0.908. The van der Waals surface area contributed by atoms with Crippen LogP contribution in [0, 0.1) is 0 Å². The fraction of sp³-hybridized carbons (Fsp3) is 0.278. The van der Waals surface area contributed by atoms with Crippen LogP contribution in [0.3, 0.4) is 0 Å². The Morgan fingerprint density at radius 3 is 2.79 bits per heavy atom. The largest absolute Gasteiger partial charge is 0.449 e. The zero-order valence-corrected chi connectivity index (χ0v) is 14.2. The average Bonchev–Trinajstić information content (AvgIpc) is 2.90. The van der Waals surface area contributed by atoms with E-state index in [0.29, 0.717) is 0 Å². The highest BCUT2D eigenvalue weighted by atomic mass is 35.5. The molecule has 0 saturated carbocycles. The van der Waals surface area contributed by atoms with Crippen LogP contribution in [0.1, 0.15) is 29.8 Å². The van der Waals surface area contributed by atoms with E-state index in [2.05, 4.69) is 4.98 Å². The van der Waals surface area contributed by atoms with Crippen molar-refractivity contribution in [1.82, 2.24) is 4.98 Å². The summed E-state index contributed by atoms with van der Waals surface area (Å²) >= 11 is 5.89. The standard InChI is InChI=1S/C18H17ClN2O3/c1-11-10-13-6-3-4-8-15(13)21(11)17(22)12(2)24-18(23)14-7-5-9-20-16(14)19/h3-9,11-12H,10H2,1-2H3/t11-,12-/m0/s1. The zero-order valence-electron chi connectivity index (χ0n) is 13.4. The van der Waals surface area contributed by atoms with Gasteiger partial charge in [0.05, 0.1) is 5.56 Å². The second kappa shape index (κ2) is 6.61. The van der Waals surface area contributed by atoms with Gasteiger partial charge in [-0.15, -0.1) is 0 Å². The van der Waals surface area contributed by atoms with Crippen molar-refractivity contribution >= 4 is 29.2 Å². The fourth-order valence-corrected chi connectivity index (χ4v) is 3.11. The Morgan fingerprint density at radius 2 is 2.04 bits per heavy atom. The summed E-state index contributed by atoms with van der Waals surface area (Å²) in [6.07, 6.45) is 1.36. The number of esters is 1. The van der Waals surface area contributed by atoms with E-state index in [-0.39, 0.29) is 22.7 Å². The molecule has 3 rings (SSSR count). The molecule has 1 amide bonds. The first-order chi connectivity index (χ1) is 11.5. The molecule has 0 spiro atoms. The number of hydrogen-bond acceptors (Lipinski definition) is 4. The van der Waals surface area contributed by atoms with Gasteiger partial charge in [0, 0.05) is 17.9 Å². The highest BCUT2D eigenvalue weighted by Gasteiger charge is 2.34. The second-order valence-corrected chi connectivity index (χ2v) is 6.14. The van der Waals surface area contributed by atoms with Crippen LogP contribution in [0.25, 0.3) is 0 Å². The van der Waals surface area contributed by atoms with E-state index < -0.39 is 12.1 Å². The first kappa shape index (κ1) is 16.5. The van der Waals surface area contributed by atoms with Gasteiger partial charge in [-0.05, 0) is 44.0 Å². The van der Waals surface area contributed by atoms with Gasteiger partial charge in [0.15, 0.2) is 6.10 Å². The van der Waals surface area contributed by atoms with Gasteiger partial charge in [-0.1, -0.05) is 29.8 Å². The molecule has 1 aromatic carbocycles. The summed E-state index contributed by atoms with van der Waals surface area (Å²) in [6, 6.07) is 10.9. The molecule has 1 aliphatic heterocycles. The molecule has 124 valence electrons. The predicted octanol–water partition coefficient (Wildman–Crippen LogP) is 3.26. The minimum atomic E-state index is -0.914. The van der Waals surface area contributed by atoms with Crippen LogP contribution in [-0.2, 0) is 16.0 Å². The summed E-state index contributed by atoms with van der Waals surface area (Å²) in [5, 5.41) is 0.0574. The minimum Gasteiger partial charge on any atom is -0.449 e. The van der Waals surface area contributed by atoms with Crippen LogP contribution < -0.4 is 4.90 Å². The third kappa shape index (κ3) is 2.99. The lowest BCUT2D eigenvalue weighted by Gasteiger charge is -2.26. The van der Waals surface area contributed by atoms with Crippen molar-refractivity contribution in [2.75, 3.05) is 4.90 Å². The number of para-hydroxylation sites is 1. The van der Waals surface area contributed by atoms with Gasteiger partial charge in [-0.2, -0.15) is 0 Å². The Morgan fingerprint density at radius 1 is 1.29 bits per heavy atom. The normalized spacial score (nSPS) is 17.3. The molecule has 1 aromatic heterocycles. The molecule has 0 aliphatic carbocycles. The molecule has 5 nitrogen and oxygen atoms in total. The van der Waals surface area contributed by atoms with Gasteiger partial charge in [-0.3, -0.25) is 4.79 Å². The van der Waals surface area contributed by atoms with Crippen LogP contribution in [0.15, 0.2) is 42.6 Å². The van der Waals surface area contributed by atoms with Crippen LogP contribution in [0.5, 0.6) is 0 Å². The number of anilines is 1. The summed E-state index contributed by atoms with van der Waals surface area (Å²) < 4.78 is 5.30. The molecule has 2 atom stereocenters. The first-order valence-corrected chi connectivity index (χ1v) is 8.09. The number of rotatable bonds is 3. The summed E-state index contributed by atoms with van der Waals surface area (Å²) in [4.78, 5) is 30.5. The van der Waals surface area contributed by atoms with Crippen LogP contribution in [0.2, 0.25) is 5.15 Å². The number of halogens is 1. The molecule has 0 bridgehead atoms. The smallest absolute Gasteiger partial charge is 0.342 e. The van der Waals surface area contributed by atoms with Crippen LogP contribution in [0.4, 0.5) is 5.69 Å². The van der Waals surface area contributed by atoms with Crippen molar-refractivity contribution in [1.29, 1.82) is 0 Å². The highest BCUT2D eigenvalue weighted by Crippen LogP contribution is 2.32. The molecule has 2 aromatic rings. The lowest BCUT2D eigenvalue weighted by molar-refractivity contribution is -0.126. The van der Waals surface area contributed by atoms with Gasteiger partial charge in [0.2, 0.25) is 0 Å². The SMILES string of the molecule is C[C@H](OC(=O)c1cccnc1Cl)C(=O)N1c2ccccc2C[C@@H]1C. The van der Waals surface area contributed by atoms with E-state index >= 15 is 0 Å². The lowest BCUT2D eigenvalue weighted by Crippen LogP contribution is -2.43. The quantitative estimate of drug-likeness (QED) is 0.633. The number of ether oxygens (including phenoxy) is 1. The van der Waals surface area contributed by atoms with E-state index in [9.17, 15) is 9.59 Å². The second-order valence-electron chi connectivity index (χ2n) is 5.78. The predicted molar refractivity (Wildman–Crippen MR) is 91.2 cm³/mol. The number of aromatic nitrogens is 1. The molecule has 0 N–H and O–H groups in total. The van der Waals surface area contributed by atoms with E-state index in [4.69, 9.17) is 16.3 Å². The number of fused-ring (bicyclic) bond motifs is 1. The molecular weight excluding hydrogens is 328 g/mol. The number of carbonyl (C=O) groups is 2. The van der Waals surface area contributed by atoms with Crippen LogP contribution >= 0.6 is 11.6 Å². The van der Waals surface area contributed by atoms with E-state index in [0.717, 1.165) is 17.7 Å². The van der Waals surface area contributed by atoms with Gasteiger partial charge in [0.25, 0.3) is 5.91 Å². The maximum Gasteiger partial charge on any atom is 0.342 e. The van der Waals surface area contributed by atoms with E-state index in [1.807, 2.05) is 31.2 Å². The number of carbonyl (C=O) groups excluding carboxylic acids is 2. The molecule has 0 unspecified atom stereocenters. The van der Waals surface area contributed by atoms with Crippen molar-refractivity contribution in [2.24, 2.45) is 0 Å². The number of hydrogen-bond donors (Lipinski definition) is 0. The fourth-order valence-electron chi connectivity index (χ4n) is 2.91. The monoisotopic (exact) mass is 344 g/mol. The van der Waals surface area contributed by atoms with Gasteiger partial charge < -0.3 is 9.64 Å². The maximum atomic E-state index is 12.8. The maximum absolute atomic E-state index is 12.8. The number of benzene rings is 1.